The molecule has 1 amide bonds. The minimum Gasteiger partial charge on any atom is -0.345 e. The first-order valence-electron chi connectivity index (χ1n) is 8.87. The zero-order valence-electron chi connectivity index (χ0n) is 14.4. The molecule has 1 aliphatic heterocycles. The number of nitrogens with zero attached hydrogens (tertiary/aromatic N) is 2. The molecule has 1 fully saturated rings. The molecule has 0 unspecified atom stereocenters. The third-order valence-electron chi connectivity index (χ3n) is 5.20. The molecule has 0 saturated carbocycles. The average molecular weight is 352 g/mol. The lowest BCUT2D eigenvalue weighted by Gasteiger charge is -2.32. The van der Waals surface area contributed by atoms with E-state index in [1.165, 1.54) is 6.07 Å². The smallest absolute Gasteiger partial charge is 0.256 e. The van der Waals surface area contributed by atoms with Crippen molar-refractivity contribution in [1.29, 1.82) is 0 Å². The average Bonchev–Trinajstić information content (AvgIpc) is 3.12. The number of piperidine rings is 1. The van der Waals surface area contributed by atoms with E-state index in [1.807, 2.05) is 23.1 Å². The van der Waals surface area contributed by atoms with Gasteiger partial charge in [-0.15, -0.1) is 0 Å². The van der Waals surface area contributed by atoms with Crippen LogP contribution in [0.4, 0.5) is 4.39 Å². The Morgan fingerprint density at radius 1 is 1.31 bits per heavy atom. The second kappa shape index (κ2) is 6.88. The normalized spacial score (nSPS) is 15.5. The summed E-state index contributed by atoms with van der Waals surface area (Å²) in [6.07, 6.45) is 4.91. The number of aromatic nitrogens is 2. The van der Waals surface area contributed by atoms with E-state index in [1.54, 1.807) is 18.5 Å². The fourth-order valence-corrected chi connectivity index (χ4v) is 3.73. The van der Waals surface area contributed by atoms with Crippen molar-refractivity contribution in [2.24, 2.45) is 5.73 Å². The van der Waals surface area contributed by atoms with Gasteiger partial charge in [0.15, 0.2) is 0 Å². The van der Waals surface area contributed by atoms with Crippen LogP contribution in [0.25, 0.3) is 11.0 Å². The number of rotatable bonds is 3. The molecular formula is C20H21FN4O. The number of amides is 1. The maximum absolute atomic E-state index is 14.2. The Morgan fingerprint density at radius 2 is 2.12 bits per heavy atom. The molecule has 3 N–H and O–H groups in total. The molecule has 0 aliphatic carbocycles. The van der Waals surface area contributed by atoms with Crippen LogP contribution in [0.5, 0.6) is 0 Å². The Morgan fingerprint density at radius 3 is 2.88 bits per heavy atom. The van der Waals surface area contributed by atoms with E-state index >= 15 is 0 Å². The maximum atomic E-state index is 14.2. The minimum atomic E-state index is -0.185. The molecule has 1 saturated heterocycles. The third kappa shape index (κ3) is 2.97. The second-order valence-corrected chi connectivity index (χ2v) is 6.73. The lowest BCUT2D eigenvalue weighted by molar-refractivity contribution is 0.0714. The van der Waals surface area contributed by atoms with E-state index in [2.05, 4.69) is 9.97 Å². The van der Waals surface area contributed by atoms with Crippen molar-refractivity contribution < 1.29 is 9.18 Å². The summed E-state index contributed by atoms with van der Waals surface area (Å²) in [6, 6.07) is 8.80. The maximum Gasteiger partial charge on any atom is 0.256 e. The van der Waals surface area contributed by atoms with Crippen LogP contribution in [0.1, 0.15) is 40.2 Å². The molecule has 1 aliphatic rings. The fraction of sp³-hybridized carbons (Fsp3) is 0.300. The Kier molecular flexibility index (Phi) is 4.42. The number of nitrogens with one attached hydrogen (secondary N) is 1. The molecule has 0 atom stereocenters. The molecule has 5 nitrogen and oxygen atoms in total. The number of benzene rings is 1. The molecular weight excluding hydrogens is 331 g/mol. The van der Waals surface area contributed by atoms with Crippen molar-refractivity contribution in [3.8, 4) is 0 Å². The van der Waals surface area contributed by atoms with Gasteiger partial charge in [0.25, 0.3) is 5.91 Å². The van der Waals surface area contributed by atoms with Crippen LogP contribution in [0.15, 0.2) is 42.7 Å². The SMILES string of the molecule is NCc1ccc(F)c(C2CCN(C(=O)c3c[nH]c4ncccc34)CC2)c1. The molecule has 6 heteroatoms. The predicted molar refractivity (Wildman–Crippen MR) is 98.3 cm³/mol. The lowest BCUT2D eigenvalue weighted by Crippen LogP contribution is -2.38. The van der Waals surface area contributed by atoms with Crippen LogP contribution in [0.3, 0.4) is 0 Å². The van der Waals surface area contributed by atoms with Crippen molar-refractivity contribution in [3.05, 3.63) is 65.2 Å². The Bertz CT molecular complexity index is 944. The summed E-state index contributed by atoms with van der Waals surface area (Å²) < 4.78 is 14.2. The van der Waals surface area contributed by atoms with E-state index < -0.39 is 0 Å². The third-order valence-corrected chi connectivity index (χ3v) is 5.20. The molecule has 0 radical (unpaired) electrons. The Hall–Kier alpha value is -2.73. The van der Waals surface area contributed by atoms with Crippen molar-refractivity contribution in [1.82, 2.24) is 14.9 Å². The van der Waals surface area contributed by atoms with Crippen LogP contribution < -0.4 is 5.73 Å². The van der Waals surface area contributed by atoms with E-state index in [0.717, 1.165) is 29.4 Å². The van der Waals surface area contributed by atoms with Gasteiger partial charge in [-0.2, -0.15) is 0 Å². The predicted octanol–water partition coefficient (Wildman–Crippen LogP) is 3.18. The van der Waals surface area contributed by atoms with Crippen molar-refractivity contribution in [3.63, 3.8) is 0 Å². The van der Waals surface area contributed by atoms with Crippen LogP contribution in [0.2, 0.25) is 0 Å². The van der Waals surface area contributed by atoms with Crippen LogP contribution in [-0.4, -0.2) is 33.9 Å². The molecule has 3 aromatic rings. The number of fused-ring (bicyclic) bond motifs is 1. The first kappa shape index (κ1) is 16.7. The number of H-pyrrole nitrogens is 1. The van der Waals surface area contributed by atoms with Gasteiger partial charge in [0.2, 0.25) is 0 Å². The molecule has 0 bridgehead atoms. The van der Waals surface area contributed by atoms with E-state index in [9.17, 15) is 9.18 Å². The van der Waals surface area contributed by atoms with Gasteiger partial charge in [-0.05, 0) is 48.1 Å². The van der Waals surface area contributed by atoms with Crippen LogP contribution in [-0.2, 0) is 6.54 Å². The number of carbonyl (C=O) groups is 1. The van der Waals surface area contributed by atoms with Crippen molar-refractivity contribution in [2.45, 2.75) is 25.3 Å². The number of pyridine rings is 1. The molecule has 1 aromatic carbocycles. The summed E-state index contributed by atoms with van der Waals surface area (Å²) in [7, 11) is 0. The number of carbonyl (C=O) groups excluding carboxylic acids is 1. The highest BCUT2D eigenvalue weighted by Gasteiger charge is 2.27. The minimum absolute atomic E-state index is 0.00104. The molecule has 3 heterocycles. The highest BCUT2D eigenvalue weighted by atomic mass is 19.1. The Labute approximate surface area is 151 Å². The molecule has 4 rings (SSSR count). The summed E-state index contributed by atoms with van der Waals surface area (Å²) in [5, 5.41) is 0.835. The van der Waals surface area contributed by atoms with Crippen LogP contribution in [0, 0.1) is 5.82 Å². The number of hydrogen-bond donors (Lipinski definition) is 2. The second-order valence-electron chi connectivity index (χ2n) is 6.73. The zero-order chi connectivity index (χ0) is 18.1. The summed E-state index contributed by atoms with van der Waals surface area (Å²) >= 11 is 0. The van der Waals surface area contributed by atoms with Gasteiger partial charge < -0.3 is 15.6 Å². The van der Waals surface area contributed by atoms with E-state index in [0.29, 0.717) is 30.8 Å². The van der Waals surface area contributed by atoms with Gasteiger partial charge in [0.05, 0.1) is 5.56 Å². The van der Waals surface area contributed by atoms with Gasteiger partial charge in [-0.25, -0.2) is 9.37 Å². The van der Waals surface area contributed by atoms with Crippen LogP contribution >= 0.6 is 0 Å². The fourth-order valence-electron chi connectivity index (χ4n) is 3.73. The highest BCUT2D eigenvalue weighted by molar-refractivity contribution is 6.05. The molecule has 2 aromatic heterocycles. The molecule has 134 valence electrons. The highest BCUT2D eigenvalue weighted by Crippen LogP contribution is 2.31. The summed E-state index contributed by atoms with van der Waals surface area (Å²) in [6.45, 7) is 1.63. The quantitative estimate of drug-likeness (QED) is 0.760. The molecule has 0 spiro atoms. The van der Waals surface area contributed by atoms with Gasteiger partial charge in [0.1, 0.15) is 11.5 Å². The monoisotopic (exact) mass is 352 g/mol. The van der Waals surface area contributed by atoms with E-state index in [4.69, 9.17) is 5.73 Å². The number of aromatic amines is 1. The topological polar surface area (TPSA) is 75.0 Å². The first-order chi connectivity index (χ1) is 12.7. The summed E-state index contributed by atoms with van der Waals surface area (Å²) in [5.74, 6) is -0.0660. The van der Waals surface area contributed by atoms with E-state index in [-0.39, 0.29) is 17.6 Å². The number of halogens is 1. The zero-order valence-corrected chi connectivity index (χ0v) is 14.4. The number of likely N-dealkylation sites (tertiary alicyclic amines) is 1. The number of nitrogens with two attached hydrogens (primary N) is 1. The summed E-state index contributed by atoms with van der Waals surface area (Å²) in [4.78, 5) is 22.0. The molecule has 26 heavy (non-hydrogen) atoms. The lowest BCUT2D eigenvalue weighted by atomic mass is 9.88. The van der Waals surface area contributed by atoms with Crippen molar-refractivity contribution >= 4 is 16.9 Å². The van der Waals surface area contributed by atoms with Gasteiger partial charge in [-0.1, -0.05) is 12.1 Å². The Balaban J connectivity index is 1.49. The first-order valence-corrected chi connectivity index (χ1v) is 8.87. The van der Waals surface area contributed by atoms with Gasteiger partial charge in [-0.3, -0.25) is 4.79 Å². The van der Waals surface area contributed by atoms with Gasteiger partial charge >= 0.3 is 0 Å². The van der Waals surface area contributed by atoms with Gasteiger partial charge in [0, 0.05) is 37.4 Å². The largest absolute Gasteiger partial charge is 0.345 e. The number of hydrogen-bond acceptors (Lipinski definition) is 3. The summed E-state index contributed by atoms with van der Waals surface area (Å²) in [5.41, 5.74) is 8.69. The van der Waals surface area contributed by atoms with Crippen molar-refractivity contribution in [2.75, 3.05) is 13.1 Å². The standard InChI is InChI=1S/C20H21FN4O/c21-18-4-3-13(11-22)10-16(18)14-5-8-25(9-6-14)20(26)17-12-24-19-15(17)2-1-7-23-19/h1-4,7,10,12,14H,5-6,8-9,11,22H2,(H,23,24).